The van der Waals surface area contributed by atoms with Crippen molar-refractivity contribution in [1.82, 2.24) is 9.80 Å². The number of furan rings is 1. The molecule has 2 unspecified atom stereocenters. The molecular weight excluding hydrogens is 376 g/mol. The van der Waals surface area contributed by atoms with Crippen molar-refractivity contribution in [2.45, 2.75) is 38.1 Å². The Morgan fingerprint density at radius 2 is 1.83 bits per heavy atom. The lowest BCUT2D eigenvalue weighted by molar-refractivity contribution is -0.168. The second-order valence-electron chi connectivity index (χ2n) is 7.42. The number of ether oxygens (including phenoxy) is 1. The summed E-state index contributed by atoms with van der Waals surface area (Å²) in [5.74, 6) is -1.58. The molecule has 0 bridgehead atoms. The predicted molar refractivity (Wildman–Crippen MR) is 101 cm³/mol. The molecule has 3 heterocycles. The molecule has 152 valence electrons. The largest absolute Gasteiger partial charge is 0.479 e. The van der Waals surface area contributed by atoms with Crippen LogP contribution in [0.2, 0.25) is 0 Å². The molecule has 29 heavy (non-hydrogen) atoms. The zero-order valence-corrected chi connectivity index (χ0v) is 16.0. The first-order valence-electron chi connectivity index (χ1n) is 9.52. The van der Waals surface area contributed by atoms with E-state index in [-0.39, 0.29) is 37.2 Å². The molecule has 1 saturated heterocycles. The standard InChI is InChI=1S/C21H22N2O6/c1-13-10-22(12-18(29-13)21(26)27)19(24)16-9-14-5-2-3-6-15(14)11-23(16)20(25)17-7-4-8-28-17/h2-8,13,16,18H,9-12H2,1H3,(H,26,27)/t13-,16?,18?/m1/s1. The summed E-state index contributed by atoms with van der Waals surface area (Å²) in [6.07, 6.45) is 0.306. The normalized spacial score (nSPS) is 24.1. The summed E-state index contributed by atoms with van der Waals surface area (Å²) in [6, 6.07) is 10.2. The molecule has 0 saturated carbocycles. The maximum atomic E-state index is 13.4. The second-order valence-corrected chi connectivity index (χ2v) is 7.42. The Morgan fingerprint density at radius 1 is 1.07 bits per heavy atom. The summed E-state index contributed by atoms with van der Waals surface area (Å²) >= 11 is 0. The fraction of sp³-hybridized carbons (Fsp3) is 0.381. The van der Waals surface area contributed by atoms with Crippen molar-refractivity contribution in [2.24, 2.45) is 0 Å². The average Bonchev–Trinajstić information content (AvgIpc) is 3.26. The highest BCUT2D eigenvalue weighted by Crippen LogP contribution is 2.27. The van der Waals surface area contributed by atoms with Crippen molar-refractivity contribution in [3.05, 3.63) is 59.5 Å². The number of fused-ring (bicyclic) bond motifs is 1. The third-order valence-electron chi connectivity index (χ3n) is 5.37. The van der Waals surface area contributed by atoms with E-state index in [9.17, 15) is 19.5 Å². The molecule has 2 aliphatic heterocycles. The van der Waals surface area contributed by atoms with Gasteiger partial charge in [-0.1, -0.05) is 24.3 Å². The van der Waals surface area contributed by atoms with Gasteiger partial charge in [0.2, 0.25) is 5.91 Å². The van der Waals surface area contributed by atoms with Crippen LogP contribution in [0.15, 0.2) is 47.1 Å². The van der Waals surface area contributed by atoms with Crippen LogP contribution in [-0.4, -0.2) is 64.0 Å². The van der Waals surface area contributed by atoms with Crippen LogP contribution in [-0.2, 0) is 27.3 Å². The first kappa shape index (κ1) is 19.2. The Bertz CT molecular complexity index is 925. The summed E-state index contributed by atoms with van der Waals surface area (Å²) < 4.78 is 10.7. The highest BCUT2D eigenvalue weighted by atomic mass is 16.5. The zero-order valence-electron chi connectivity index (χ0n) is 16.0. The van der Waals surface area contributed by atoms with E-state index in [1.807, 2.05) is 24.3 Å². The number of carboxylic acid groups (broad SMARTS) is 1. The lowest BCUT2D eigenvalue weighted by atomic mass is 9.92. The first-order chi connectivity index (χ1) is 13.9. The van der Waals surface area contributed by atoms with Crippen molar-refractivity contribution in [1.29, 1.82) is 0 Å². The van der Waals surface area contributed by atoms with Gasteiger partial charge in [-0.3, -0.25) is 9.59 Å². The van der Waals surface area contributed by atoms with Crippen LogP contribution in [0.3, 0.4) is 0 Å². The minimum Gasteiger partial charge on any atom is -0.479 e. The van der Waals surface area contributed by atoms with E-state index in [1.165, 1.54) is 16.1 Å². The number of nitrogens with zero attached hydrogens (tertiary/aromatic N) is 2. The summed E-state index contributed by atoms with van der Waals surface area (Å²) in [6.45, 7) is 2.26. The molecule has 0 spiro atoms. The molecule has 1 N–H and O–H groups in total. The van der Waals surface area contributed by atoms with E-state index >= 15 is 0 Å². The lowest BCUT2D eigenvalue weighted by Gasteiger charge is -2.41. The lowest BCUT2D eigenvalue weighted by Crippen LogP contribution is -2.59. The molecule has 2 aliphatic rings. The van der Waals surface area contributed by atoms with Gasteiger partial charge < -0.3 is 24.1 Å². The third-order valence-corrected chi connectivity index (χ3v) is 5.37. The van der Waals surface area contributed by atoms with Crippen LogP contribution in [0.4, 0.5) is 0 Å². The number of hydrogen-bond acceptors (Lipinski definition) is 5. The van der Waals surface area contributed by atoms with Gasteiger partial charge >= 0.3 is 5.97 Å². The number of benzene rings is 1. The van der Waals surface area contributed by atoms with Crippen LogP contribution in [0.1, 0.15) is 28.6 Å². The molecule has 3 atom stereocenters. The molecule has 1 aromatic carbocycles. The minimum absolute atomic E-state index is 0.0422. The predicted octanol–water partition coefficient (Wildman–Crippen LogP) is 1.55. The maximum absolute atomic E-state index is 13.4. The van der Waals surface area contributed by atoms with E-state index in [1.54, 1.807) is 19.1 Å². The Balaban J connectivity index is 1.64. The van der Waals surface area contributed by atoms with E-state index in [4.69, 9.17) is 9.15 Å². The number of carboxylic acids is 1. The molecule has 2 aromatic rings. The maximum Gasteiger partial charge on any atom is 0.334 e. The Morgan fingerprint density at radius 3 is 2.52 bits per heavy atom. The van der Waals surface area contributed by atoms with E-state index in [0.29, 0.717) is 6.42 Å². The molecule has 1 aromatic heterocycles. The van der Waals surface area contributed by atoms with Crippen molar-refractivity contribution < 1.29 is 28.6 Å². The molecular formula is C21H22N2O6. The van der Waals surface area contributed by atoms with Crippen LogP contribution < -0.4 is 0 Å². The van der Waals surface area contributed by atoms with Crippen LogP contribution in [0.5, 0.6) is 0 Å². The number of aliphatic carboxylic acids is 1. The minimum atomic E-state index is -1.10. The molecule has 8 heteroatoms. The summed E-state index contributed by atoms with van der Waals surface area (Å²) in [5, 5.41) is 9.32. The Hall–Kier alpha value is -3.13. The van der Waals surface area contributed by atoms with Crippen molar-refractivity contribution in [2.75, 3.05) is 13.1 Å². The highest BCUT2D eigenvalue weighted by Gasteiger charge is 2.41. The summed E-state index contributed by atoms with van der Waals surface area (Å²) in [4.78, 5) is 40.9. The van der Waals surface area contributed by atoms with Gasteiger partial charge in [-0.2, -0.15) is 0 Å². The van der Waals surface area contributed by atoms with Crippen LogP contribution in [0.25, 0.3) is 0 Å². The quantitative estimate of drug-likeness (QED) is 0.842. The number of hydrogen-bond donors (Lipinski definition) is 1. The number of amides is 2. The van der Waals surface area contributed by atoms with Gasteiger partial charge in [0.15, 0.2) is 11.9 Å². The van der Waals surface area contributed by atoms with Crippen molar-refractivity contribution in [3.63, 3.8) is 0 Å². The van der Waals surface area contributed by atoms with Gasteiger partial charge in [0.05, 0.1) is 18.9 Å². The SMILES string of the molecule is C[C@@H]1CN(C(=O)C2Cc3ccccc3CN2C(=O)c2ccco2)CC(C(=O)O)O1. The van der Waals surface area contributed by atoms with Crippen molar-refractivity contribution >= 4 is 17.8 Å². The number of carbonyl (C=O) groups is 3. The highest BCUT2D eigenvalue weighted by molar-refractivity contribution is 5.96. The number of rotatable bonds is 3. The molecule has 1 fully saturated rings. The summed E-state index contributed by atoms with van der Waals surface area (Å²) in [7, 11) is 0. The van der Waals surface area contributed by atoms with E-state index in [2.05, 4.69) is 0 Å². The second kappa shape index (κ2) is 7.71. The zero-order chi connectivity index (χ0) is 20.5. The van der Waals surface area contributed by atoms with Gasteiger partial charge in [0.1, 0.15) is 6.04 Å². The third kappa shape index (κ3) is 3.75. The van der Waals surface area contributed by atoms with Crippen LogP contribution in [0, 0.1) is 0 Å². The average molecular weight is 398 g/mol. The van der Waals surface area contributed by atoms with Gasteiger partial charge in [0, 0.05) is 19.5 Å². The molecule has 0 aliphatic carbocycles. The number of morpholine rings is 1. The van der Waals surface area contributed by atoms with Gasteiger partial charge in [-0.15, -0.1) is 0 Å². The van der Waals surface area contributed by atoms with Gasteiger partial charge in [0.25, 0.3) is 5.91 Å². The van der Waals surface area contributed by atoms with E-state index in [0.717, 1.165) is 11.1 Å². The smallest absolute Gasteiger partial charge is 0.334 e. The molecule has 2 amide bonds. The monoisotopic (exact) mass is 398 g/mol. The fourth-order valence-electron chi connectivity index (χ4n) is 3.98. The Kier molecular flexibility index (Phi) is 5.10. The molecule has 8 nitrogen and oxygen atoms in total. The summed E-state index contributed by atoms with van der Waals surface area (Å²) in [5.41, 5.74) is 1.99. The Labute approximate surface area is 167 Å². The van der Waals surface area contributed by atoms with E-state index < -0.39 is 24.2 Å². The molecule has 4 rings (SSSR count). The number of carbonyl (C=O) groups excluding carboxylic acids is 2. The topological polar surface area (TPSA) is 100 Å². The van der Waals surface area contributed by atoms with Crippen molar-refractivity contribution in [3.8, 4) is 0 Å². The van der Waals surface area contributed by atoms with Crippen LogP contribution >= 0.6 is 0 Å². The van der Waals surface area contributed by atoms with Gasteiger partial charge in [-0.05, 0) is 30.2 Å². The van der Waals surface area contributed by atoms with Gasteiger partial charge in [-0.25, -0.2) is 4.79 Å². The molecule has 0 radical (unpaired) electrons. The fourth-order valence-corrected chi connectivity index (χ4v) is 3.98. The first-order valence-corrected chi connectivity index (χ1v) is 9.52.